The Morgan fingerprint density at radius 1 is 1.14 bits per heavy atom. The number of halogens is 2. The molecule has 0 aliphatic carbocycles. The van der Waals surface area contributed by atoms with Crippen LogP contribution in [0.4, 0.5) is 5.69 Å². The van der Waals surface area contributed by atoms with Crippen molar-refractivity contribution in [3.05, 3.63) is 58.1 Å². The van der Waals surface area contributed by atoms with Crippen LogP contribution < -0.4 is 10.1 Å². The Labute approximate surface area is 132 Å². The van der Waals surface area contributed by atoms with E-state index in [1.807, 2.05) is 0 Å². The number of carboxylic acids is 1. The lowest BCUT2D eigenvalue weighted by Crippen LogP contribution is -2.21. The van der Waals surface area contributed by atoms with E-state index in [2.05, 4.69) is 5.32 Å². The normalized spacial score (nSPS) is 11.8. The topological polar surface area (TPSA) is 58.6 Å². The zero-order valence-electron chi connectivity index (χ0n) is 11.1. The third-order valence-corrected chi connectivity index (χ3v) is 3.58. The fourth-order valence-electron chi connectivity index (χ4n) is 1.96. The van der Waals surface area contributed by atoms with Gasteiger partial charge in [-0.1, -0.05) is 47.5 Å². The summed E-state index contributed by atoms with van der Waals surface area (Å²) in [6, 6.07) is 10.8. The Bertz CT molecular complexity index is 641. The van der Waals surface area contributed by atoms with Crippen molar-refractivity contribution in [2.24, 2.45) is 0 Å². The van der Waals surface area contributed by atoms with Crippen LogP contribution in [0.3, 0.4) is 0 Å². The lowest BCUT2D eigenvalue weighted by molar-refractivity contribution is -0.138. The van der Waals surface area contributed by atoms with E-state index in [9.17, 15) is 9.90 Å². The molecule has 2 aromatic carbocycles. The lowest BCUT2D eigenvalue weighted by Gasteiger charge is -2.20. The number of carbonyl (C=O) groups is 1. The number of ether oxygens (including phenoxy) is 1. The minimum atomic E-state index is -1.06. The molecular weight excluding hydrogens is 313 g/mol. The second kappa shape index (κ2) is 6.70. The third-order valence-electron chi connectivity index (χ3n) is 2.95. The summed E-state index contributed by atoms with van der Waals surface area (Å²) in [5.41, 5.74) is 0.864. The highest BCUT2D eigenvalue weighted by Gasteiger charge is 2.24. The van der Waals surface area contributed by atoms with E-state index in [0.29, 0.717) is 27.0 Å². The number of hydrogen-bond donors (Lipinski definition) is 2. The predicted octanol–water partition coefficient (Wildman–Crippen LogP) is 4.24. The fourth-order valence-corrected chi connectivity index (χ4v) is 2.46. The molecule has 1 atom stereocenters. The van der Waals surface area contributed by atoms with Crippen molar-refractivity contribution in [1.82, 2.24) is 0 Å². The van der Waals surface area contributed by atoms with Gasteiger partial charge >= 0.3 is 5.97 Å². The van der Waals surface area contributed by atoms with Gasteiger partial charge in [-0.15, -0.1) is 0 Å². The maximum absolute atomic E-state index is 11.6. The summed E-state index contributed by atoms with van der Waals surface area (Å²) in [5.74, 6) is -0.587. The first-order chi connectivity index (χ1) is 10.0. The number of hydrogen-bond acceptors (Lipinski definition) is 3. The molecule has 110 valence electrons. The molecule has 2 rings (SSSR count). The molecule has 0 aromatic heterocycles. The fraction of sp³-hybridized carbons (Fsp3) is 0.133. The minimum Gasteiger partial charge on any atom is -0.496 e. The maximum Gasteiger partial charge on any atom is 0.330 e. The van der Waals surface area contributed by atoms with Crippen LogP contribution in [-0.2, 0) is 4.79 Å². The van der Waals surface area contributed by atoms with Gasteiger partial charge < -0.3 is 15.2 Å². The summed E-state index contributed by atoms with van der Waals surface area (Å²) >= 11 is 12.1. The van der Waals surface area contributed by atoms with E-state index in [1.54, 1.807) is 42.5 Å². The highest BCUT2D eigenvalue weighted by molar-refractivity contribution is 6.39. The molecule has 0 saturated carbocycles. The molecule has 0 saturated heterocycles. The van der Waals surface area contributed by atoms with E-state index in [4.69, 9.17) is 27.9 Å². The van der Waals surface area contributed by atoms with Crippen LogP contribution in [0.25, 0.3) is 0 Å². The highest BCUT2D eigenvalue weighted by atomic mass is 35.5. The summed E-state index contributed by atoms with van der Waals surface area (Å²) in [4.78, 5) is 11.6. The van der Waals surface area contributed by atoms with Crippen molar-refractivity contribution in [2.45, 2.75) is 6.04 Å². The first-order valence-electron chi connectivity index (χ1n) is 6.11. The predicted molar refractivity (Wildman–Crippen MR) is 83.5 cm³/mol. The van der Waals surface area contributed by atoms with Gasteiger partial charge in [0.1, 0.15) is 5.75 Å². The van der Waals surface area contributed by atoms with E-state index >= 15 is 0 Å². The lowest BCUT2D eigenvalue weighted by atomic mass is 10.1. The Morgan fingerprint density at radius 2 is 1.76 bits per heavy atom. The largest absolute Gasteiger partial charge is 0.496 e. The average molecular weight is 326 g/mol. The Kier molecular flexibility index (Phi) is 4.94. The number of rotatable bonds is 5. The minimum absolute atomic E-state index is 0.351. The van der Waals surface area contributed by atoms with Crippen LogP contribution in [0.1, 0.15) is 11.6 Å². The summed E-state index contributed by atoms with van der Waals surface area (Å²) in [5, 5.41) is 13.0. The van der Waals surface area contributed by atoms with E-state index in [-0.39, 0.29) is 0 Å². The molecule has 4 nitrogen and oxygen atoms in total. The molecule has 0 heterocycles. The molecule has 0 aliphatic rings. The molecule has 21 heavy (non-hydrogen) atoms. The van der Waals surface area contributed by atoms with Crippen LogP contribution in [0.2, 0.25) is 10.0 Å². The summed E-state index contributed by atoms with van der Waals surface area (Å²) in [7, 11) is 1.49. The number of methoxy groups -OCH3 is 1. The first kappa shape index (κ1) is 15.5. The summed E-state index contributed by atoms with van der Waals surface area (Å²) in [6.45, 7) is 0. The van der Waals surface area contributed by atoms with Crippen LogP contribution in [0.5, 0.6) is 5.75 Å². The Balaban J connectivity index is 2.43. The van der Waals surface area contributed by atoms with Crippen molar-refractivity contribution in [3.63, 3.8) is 0 Å². The quantitative estimate of drug-likeness (QED) is 0.863. The molecule has 0 amide bonds. The molecule has 0 aliphatic heterocycles. The summed E-state index contributed by atoms with van der Waals surface area (Å²) < 4.78 is 5.21. The number of nitrogens with one attached hydrogen (secondary N) is 1. The molecule has 1 unspecified atom stereocenters. The summed E-state index contributed by atoms with van der Waals surface area (Å²) in [6.07, 6.45) is 0. The second-order valence-corrected chi connectivity index (χ2v) is 5.07. The SMILES string of the molecule is COc1ccccc1C(Nc1c(Cl)cccc1Cl)C(=O)O. The number of para-hydroxylation sites is 2. The van der Waals surface area contributed by atoms with Crippen LogP contribution in [0.15, 0.2) is 42.5 Å². The Hall–Kier alpha value is -1.91. The standard InChI is InChI=1S/C15H13Cl2NO3/c1-21-12-8-3-2-5-9(12)13(15(19)20)18-14-10(16)6-4-7-11(14)17/h2-8,13,18H,1H3,(H,19,20). The van der Waals surface area contributed by atoms with Crippen molar-refractivity contribution in [2.75, 3.05) is 12.4 Å². The van der Waals surface area contributed by atoms with Crippen molar-refractivity contribution in [3.8, 4) is 5.75 Å². The smallest absolute Gasteiger partial charge is 0.330 e. The van der Waals surface area contributed by atoms with Crippen molar-refractivity contribution < 1.29 is 14.6 Å². The van der Waals surface area contributed by atoms with Crippen molar-refractivity contribution in [1.29, 1.82) is 0 Å². The first-order valence-corrected chi connectivity index (χ1v) is 6.86. The molecule has 0 radical (unpaired) electrons. The third kappa shape index (κ3) is 3.40. The van der Waals surface area contributed by atoms with Gasteiger partial charge in [-0.2, -0.15) is 0 Å². The Morgan fingerprint density at radius 3 is 2.33 bits per heavy atom. The van der Waals surface area contributed by atoms with Gasteiger partial charge in [-0.05, 0) is 18.2 Å². The van der Waals surface area contributed by atoms with Gasteiger partial charge in [0, 0.05) is 5.56 Å². The van der Waals surface area contributed by atoms with E-state index in [0.717, 1.165) is 0 Å². The zero-order valence-corrected chi connectivity index (χ0v) is 12.7. The number of carboxylic acid groups (broad SMARTS) is 1. The van der Waals surface area contributed by atoms with E-state index < -0.39 is 12.0 Å². The van der Waals surface area contributed by atoms with Crippen LogP contribution >= 0.6 is 23.2 Å². The molecule has 2 aromatic rings. The van der Waals surface area contributed by atoms with Gasteiger partial charge in [0.2, 0.25) is 0 Å². The number of anilines is 1. The van der Waals surface area contributed by atoms with Crippen LogP contribution in [-0.4, -0.2) is 18.2 Å². The highest BCUT2D eigenvalue weighted by Crippen LogP contribution is 2.35. The van der Waals surface area contributed by atoms with Gasteiger partial charge in [0.05, 0.1) is 22.8 Å². The molecule has 0 bridgehead atoms. The molecule has 6 heteroatoms. The molecule has 0 spiro atoms. The monoisotopic (exact) mass is 325 g/mol. The zero-order chi connectivity index (χ0) is 15.4. The van der Waals surface area contributed by atoms with Crippen molar-refractivity contribution >= 4 is 34.9 Å². The molecule has 0 fully saturated rings. The second-order valence-electron chi connectivity index (χ2n) is 4.25. The van der Waals surface area contributed by atoms with Gasteiger partial charge in [-0.25, -0.2) is 4.79 Å². The van der Waals surface area contributed by atoms with E-state index in [1.165, 1.54) is 7.11 Å². The molecular formula is C15H13Cl2NO3. The maximum atomic E-state index is 11.6. The van der Waals surface area contributed by atoms with Gasteiger partial charge in [0.15, 0.2) is 6.04 Å². The van der Waals surface area contributed by atoms with Gasteiger partial charge in [-0.3, -0.25) is 0 Å². The molecule has 2 N–H and O–H groups in total. The number of aliphatic carboxylic acids is 1. The van der Waals surface area contributed by atoms with Gasteiger partial charge in [0.25, 0.3) is 0 Å². The van der Waals surface area contributed by atoms with Crippen LogP contribution in [0, 0.1) is 0 Å². The average Bonchev–Trinajstić information content (AvgIpc) is 2.46. The number of benzene rings is 2.